The maximum Gasteiger partial charge on any atom is 0.0226 e. The van der Waals surface area contributed by atoms with Crippen molar-refractivity contribution >= 4 is 11.6 Å². The Morgan fingerprint density at radius 2 is 1.69 bits per heavy atom. The Kier molecular flexibility index (Phi) is 13.5. The zero-order valence-corrected chi connectivity index (χ0v) is 12.0. The van der Waals surface area contributed by atoms with Crippen LogP contribution in [0, 0.1) is 5.92 Å². The van der Waals surface area contributed by atoms with Crippen LogP contribution < -0.4 is 5.32 Å². The van der Waals surface area contributed by atoms with Gasteiger partial charge in [0.2, 0.25) is 0 Å². The topological polar surface area (TPSA) is 12.0 Å². The lowest BCUT2D eigenvalue weighted by Gasteiger charge is -2.13. The Bertz CT molecular complexity index is 128. The standard InChI is InChI=1S/C14H30ClN/c1-3-5-6-7-8-9-12-16-13-14(4-2)10-11-15/h14,16H,3-13H2,1-2H3. The molecule has 0 bridgehead atoms. The number of hydrogen-bond donors (Lipinski definition) is 1. The van der Waals surface area contributed by atoms with Crippen LogP contribution in [0.3, 0.4) is 0 Å². The molecular weight excluding hydrogens is 218 g/mol. The zero-order valence-electron chi connectivity index (χ0n) is 11.2. The Morgan fingerprint density at radius 1 is 1.00 bits per heavy atom. The van der Waals surface area contributed by atoms with Crippen LogP contribution in [0.2, 0.25) is 0 Å². The Hall–Kier alpha value is 0.250. The van der Waals surface area contributed by atoms with Gasteiger partial charge in [0.05, 0.1) is 0 Å². The van der Waals surface area contributed by atoms with Crippen LogP contribution >= 0.6 is 11.6 Å². The van der Waals surface area contributed by atoms with E-state index in [0.29, 0.717) is 0 Å². The highest BCUT2D eigenvalue weighted by Crippen LogP contribution is 2.08. The van der Waals surface area contributed by atoms with Crippen LogP contribution in [0.5, 0.6) is 0 Å². The van der Waals surface area contributed by atoms with Crippen LogP contribution in [0.25, 0.3) is 0 Å². The van der Waals surface area contributed by atoms with E-state index in [0.717, 1.165) is 24.8 Å². The number of alkyl halides is 1. The van der Waals surface area contributed by atoms with Gasteiger partial charge in [-0.05, 0) is 31.8 Å². The normalized spacial score (nSPS) is 12.9. The SMILES string of the molecule is CCCCCCCCNCC(CC)CCCl. The molecule has 0 saturated carbocycles. The summed E-state index contributed by atoms with van der Waals surface area (Å²) in [5.74, 6) is 1.58. The molecule has 1 unspecified atom stereocenters. The largest absolute Gasteiger partial charge is 0.316 e. The second-order valence-electron chi connectivity index (χ2n) is 4.72. The fourth-order valence-electron chi connectivity index (χ4n) is 1.94. The van der Waals surface area contributed by atoms with Crippen molar-refractivity contribution in [2.45, 2.75) is 65.2 Å². The lowest BCUT2D eigenvalue weighted by atomic mass is 10.0. The van der Waals surface area contributed by atoms with Crippen molar-refractivity contribution in [3.63, 3.8) is 0 Å². The summed E-state index contributed by atoms with van der Waals surface area (Å²) in [6.07, 6.45) is 10.7. The predicted octanol–water partition coefficient (Wildman–Crippen LogP) is 4.59. The summed E-state index contributed by atoms with van der Waals surface area (Å²) in [7, 11) is 0. The molecule has 16 heavy (non-hydrogen) atoms. The Morgan fingerprint density at radius 3 is 2.31 bits per heavy atom. The molecular formula is C14H30ClN. The van der Waals surface area contributed by atoms with Gasteiger partial charge in [-0.15, -0.1) is 11.6 Å². The van der Waals surface area contributed by atoms with E-state index in [2.05, 4.69) is 19.2 Å². The molecule has 0 radical (unpaired) electrons. The summed E-state index contributed by atoms with van der Waals surface area (Å²) in [6.45, 7) is 6.86. The van der Waals surface area contributed by atoms with E-state index < -0.39 is 0 Å². The van der Waals surface area contributed by atoms with Crippen LogP contribution in [0.1, 0.15) is 65.2 Å². The van der Waals surface area contributed by atoms with E-state index in [1.165, 1.54) is 51.5 Å². The van der Waals surface area contributed by atoms with Crippen molar-refractivity contribution in [1.82, 2.24) is 5.32 Å². The molecule has 0 aromatic rings. The fourth-order valence-corrected chi connectivity index (χ4v) is 2.25. The molecule has 0 aromatic carbocycles. The van der Waals surface area contributed by atoms with Gasteiger partial charge in [-0.25, -0.2) is 0 Å². The van der Waals surface area contributed by atoms with Crippen molar-refractivity contribution in [1.29, 1.82) is 0 Å². The van der Waals surface area contributed by atoms with Gasteiger partial charge in [0, 0.05) is 5.88 Å². The summed E-state index contributed by atoms with van der Waals surface area (Å²) in [5, 5.41) is 3.55. The third kappa shape index (κ3) is 10.8. The molecule has 2 heteroatoms. The highest BCUT2D eigenvalue weighted by molar-refractivity contribution is 6.17. The van der Waals surface area contributed by atoms with Gasteiger partial charge in [0.25, 0.3) is 0 Å². The first-order valence-electron chi connectivity index (χ1n) is 7.11. The molecule has 1 N–H and O–H groups in total. The van der Waals surface area contributed by atoms with E-state index in [1.807, 2.05) is 0 Å². The molecule has 0 amide bonds. The first kappa shape index (κ1) is 16.2. The minimum absolute atomic E-state index is 0.776. The fraction of sp³-hybridized carbons (Fsp3) is 1.00. The summed E-state index contributed by atoms with van der Waals surface area (Å²) in [4.78, 5) is 0. The molecule has 0 aromatic heterocycles. The van der Waals surface area contributed by atoms with E-state index in [9.17, 15) is 0 Å². The molecule has 0 rings (SSSR count). The molecule has 1 nitrogen and oxygen atoms in total. The number of nitrogens with one attached hydrogen (secondary N) is 1. The van der Waals surface area contributed by atoms with Crippen molar-refractivity contribution < 1.29 is 0 Å². The third-order valence-corrected chi connectivity index (χ3v) is 3.45. The van der Waals surface area contributed by atoms with Crippen LogP contribution in [0.4, 0.5) is 0 Å². The molecule has 98 valence electrons. The first-order chi connectivity index (χ1) is 7.85. The first-order valence-corrected chi connectivity index (χ1v) is 7.65. The lowest BCUT2D eigenvalue weighted by Crippen LogP contribution is -2.23. The average Bonchev–Trinajstić information content (AvgIpc) is 2.31. The smallest absolute Gasteiger partial charge is 0.0226 e. The molecule has 0 spiro atoms. The number of rotatable bonds is 12. The molecule has 0 aliphatic carbocycles. The van der Waals surface area contributed by atoms with Crippen molar-refractivity contribution in [2.24, 2.45) is 5.92 Å². The highest BCUT2D eigenvalue weighted by atomic mass is 35.5. The molecule has 0 aliphatic heterocycles. The van der Waals surface area contributed by atoms with Gasteiger partial charge < -0.3 is 5.32 Å². The second-order valence-corrected chi connectivity index (χ2v) is 5.10. The average molecular weight is 248 g/mol. The number of halogens is 1. The van der Waals surface area contributed by atoms with E-state index >= 15 is 0 Å². The summed E-state index contributed by atoms with van der Waals surface area (Å²) < 4.78 is 0. The third-order valence-electron chi connectivity index (χ3n) is 3.23. The summed E-state index contributed by atoms with van der Waals surface area (Å²) in [6, 6.07) is 0. The lowest BCUT2D eigenvalue weighted by molar-refractivity contribution is 0.445. The summed E-state index contributed by atoms with van der Waals surface area (Å²) in [5.41, 5.74) is 0. The van der Waals surface area contributed by atoms with Gasteiger partial charge in [-0.2, -0.15) is 0 Å². The Labute approximate surface area is 107 Å². The van der Waals surface area contributed by atoms with Gasteiger partial charge in [-0.3, -0.25) is 0 Å². The van der Waals surface area contributed by atoms with Gasteiger partial charge in [0.15, 0.2) is 0 Å². The molecule has 1 atom stereocenters. The minimum Gasteiger partial charge on any atom is -0.316 e. The van der Waals surface area contributed by atoms with E-state index in [1.54, 1.807) is 0 Å². The predicted molar refractivity (Wildman–Crippen MR) is 75.4 cm³/mol. The van der Waals surface area contributed by atoms with Crippen LogP contribution in [0.15, 0.2) is 0 Å². The van der Waals surface area contributed by atoms with Gasteiger partial charge in [-0.1, -0.05) is 52.4 Å². The molecule has 0 aliphatic rings. The van der Waals surface area contributed by atoms with Crippen LogP contribution in [-0.2, 0) is 0 Å². The molecule has 0 fully saturated rings. The maximum atomic E-state index is 5.76. The number of unbranched alkanes of at least 4 members (excludes halogenated alkanes) is 5. The van der Waals surface area contributed by atoms with Crippen LogP contribution in [-0.4, -0.2) is 19.0 Å². The second kappa shape index (κ2) is 13.3. The van der Waals surface area contributed by atoms with Crippen molar-refractivity contribution in [2.75, 3.05) is 19.0 Å². The quantitative estimate of drug-likeness (QED) is 0.393. The zero-order chi connectivity index (χ0) is 12.1. The summed E-state index contributed by atoms with van der Waals surface area (Å²) >= 11 is 5.76. The highest BCUT2D eigenvalue weighted by Gasteiger charge is 2.03. The van der Waals surface area contributed by atoms with E-state index in [4.69, 9.17) is 11.6 Å². The molecule has 0 heterocycles. The Balaban J connectivity index is 3.12. The van der Waals surface area contributed by atoms with Crippen molar-refractivity contribution in [3.8, 4) is 0 Å². The number of hydrogen-bond acceptors (Lipinski definition) is 1. The minimum atomic E-state index is 0.776. The van der Waals surface area contributed by atoms with Crippen molar-refractivity contribution in [3.05, 3.63) is 0 Å². The van der Waals surface area contributed by atoms with Gasteiger partial charge >= 0.3 is 0 Å². The van der Waals surface area contributed by atoms with E-state index in [-0.39, 0.29) is 0 Å². The molecule has 0 saturated heterocycles. The maximum absolute atomic E-state index is 5.76. The van der Waals surface area contributed by atoms with Gasteiger partial charge in [0.1, 0.15) is 0 Å². The monoisotopic (exact) mass is 247 g/mol.